The van der Waals surface area contributed by atoms with Gasteiger partial charge >= 0.3 is 0 Å². The molecule has 0 aliphatic rings. The number of thioether (sulfide) groups is 1. The van der Waals surface area contributed by atoms with E-state index in [-0.39, 0.29) is 16.6 Å². The predicted molar refractivity (Wildman–Crippen MR) is 136 cm³/mol. The summed E-state index contributed by atoms with van der Waals surface area (Å²) in [5.74, 6) is -0.159. The fourth-order valence-electron chi connectivity index (χ4n) is 3.99. The van der Waals surface area contributed by atoms with Crippen LogP contribution >= 0.6 is 11.8 Å². The number of nitrogens with zero attached hydrogens (tertiary/aromatic N) is 4. The number of pyridine rings is 1. The highest BCUT2D eigenvalue weighted by Crippen LogP contribution is 2.29. The van der Waals surface area contributed by atoms with Gasteiger partial charge in [0.05, 0.1) is 16.2 Å². The first kappa shape index (κ1) is 24.2. The third kappa shape index (κ3) is 4.40. The Bertz CT molecular complexity index is 1540. The van der Waals surface area contributed by atoms with Crippen molar-refractivity contribution in [3.05, 3.63) is 58.7 Å². The fourth-order valence-corrected chi connectivity index (χ4v) is 5.88. The van der Waals surface area contributed by atoms with E-state index in [9.17, 15) is 13.2 Å². The summed E-state index contributed by atoms with van der Waals surface area (Å²) in [4.78, 5) is 12.9. The van der Waals surface area contributed by atoms with Crippen LogP contribution in [0.15, 0.2) is 46.5 Å². The zero-order valence-electron chi connectivity index (χ0n) is 20.0. The number of rotatable bonds is 6. The minimum atomic E-state index is -3.61. The lowest BCUT2D eigenvalue weighted by Gasteiger charge is -2.15. The molecule has 2 heterocycles. The van der Waals surface area contributed by atoms with E-state index in [1.165, 1.54) is 37.5 Å². The molecule has 0 fully saturated rings. The van der Waals surface area contributed by atoms with Crippen LogP contribution in [0.3, 0.4) is 0 Å². The van der Waals surface area contributed by atoms with Crippen molar-refractivity contribution in [2.24, 2.45) is 0 Å². The summed E-state index contributed by atoms with van der Waals surface area (Å²) >= 11 is 1.29. The van der Waals surface area contributed by atoms with Crippen molar-refractivity contribution in [1.82, 2.24) is 18.9 Å². The van der Waals surface area contributed by atoms with Gasteiger partial charge in [0.1, 0.15) is 0 Å². The number of sulfonamides is 1. The quantitative estimate of drug-likeness (QED) is 0.403. The van der Waals surface area contributed by atoms with E-state index < -0.39 is 10.0 Å². The summed E-state index contributed by atoms with van der Waals surface area (Å²) < 4.78 is 28.3. The standard InChI is InChI=1S/C24H27N5O3S2/c1-14-9-17(4)23-19(10-14)16(3)11-21-26-27-24(29(21)23)33-13-22(30)25-18-8-7-15(2)20(12-18)34(31,32)28(5)6/h7-12H,13H2,1-6H3,(H,25,30). The van der Waals surface area contributed by atoms with E-state index in [0.29, 0.717) is 16.4 Å². The third-order valence-corrected chi connectivity index (χ3v) is 8.55. The van der Waals surface area contributed by atoms with Gasteiger partial charge in [0.2, 0.25) is 15.9 Å². The lowest BCUT2D eigenvalue weighted by Crippen LogP contribution is -2.23. The highest BCUT2D eigenvalue weighted by Gasteiger charge is 2.21. The molecular formula is C24H27N5O3S2. The smallest absolute Gasteiger partial charge is 0.242 e. The number of anilines is 1. The number of fused-ring (bicyclic) bond motifs is 3. The van der Waals surface area contributed by atoms with Gasteiger partial charge in [-0.05, 0) is 68.7 Å². The van der Waals surface area contributed by atoms with E-state index in [0.717, 1.165) is 32.0 Å². The molecule has 1 amide bonds. The van der Waals surface area contributed by atoms with E-state index in [1.54, 1.807) is 19.1 Å². The molecule has 0 radical (unpaired) electrons. The predicted octanol–water partition coefficient (Wildman–Crippen LogP) is 4.10. The van der Waals surface area contributed by atoms with Gasteiger partial charge in [-0.15, -0.1) is 10.2 Å². The first-order valence-electron chi connectivity index (χ1n) is 10.7. The Labute approximate surface area is 203 Å². The van der Waals surface area contributed by atoms with Crippen LogP contribution in [0.25, 0.3) is 16.6 Å². The number of carbonyl (C=O) groups excluding carboxylic acids is 1. The largest absolute Gasteiger partial charge is 0.325 e. The van der Waals surface area contributed by atoms with E-state index >= 15 is 0 Å². The van der Waals surface area contributed by atoms with E-state index in [2.05, 4.69) is 48.4 Å². The van der Waals surface area contributed by atoms with Crippen molar-refractivity contribution in [3.8, 4) is 0 Å². The van der Waals surface area contributed by atoms with Crippen molar-refractivity contribution in [1.29, 1.82) is 0 Å². The molecule has 0 spiro atoms. The van der Waals surface area contributed by atoms with Gasteiger partial charge in [-0.3, -0.25) is 9.20 Å². The average molecular weight is 498 g/mol. The number of aryl methyl sites for hydroxylation is 4. The molecule has 0 aliphatic carbocycles. The maximum Gasteiger partial charge on any atom is 0.242 e. The molecule has 0 saturated heterocycles. The molecule has 0 unspecified atom stereocenters. The summed E-state index contributed by atoms with van der Waals surface area (Å²) in [5, 5.41) is 13.2. The van der Waals surface area contributed by atoms with Crippen LogP contribution in [0.1, 0.15) is 22.3 Å². The Balaban J connectivity index is 1.59. The zero-order valence-corrected chi connectivity index (χ0v) is 21.6. The zero-order chi connectivity index (χ0) is 24.8. The number of aromatic nitrogens is 3. The monoisotopic (exact) mass is 497 g/mol. The highest BCUT2D eigenvalue weighted by molar-refractivity contribution is 7.99. The molecular weight excluding hydrogens is 470 g/mol. The summed E-state index contributed by atoms with van der Waals surface area (Å²) in [5.41, 5.74) is 6.23. The molecule has 0 atom stereocenters. The SMILES string of the molecule is Cc1cc(C)c2c(c1)c(C)cc1nnc(SCC(=O)Nc3ccc(C)c(S(=O)(=O)N(C)C)c3)n12. The second kappa shape index (κ2) is 9.01. The van der Waals surface area contributed by atoms with Gasteiger partial charge in [-0.1, -0.05) is 29.5 Å². The van der Waals surface area contributed by atoms with Gasteiger partial charge in [-0.25, -0.2) is 12.7 Å². The number of amides is 1. The molecule has 4 rings (SSSR count). The molecule has 4 aromatic rings. The molecule has 2 aromatic carbocycles. The maximum absolute atomic E-state index is 12.7. The van der Waals surface area contributed by atoms with Gasteiger partial charge in [-0.2, -0.15) is 0 Å². The minimum Gasteiger partial charge on any atom is -0.325 e. The van der Waals surface area contributed by atoms with Crippen molar-refractivity contribution in [2.75, 3.05) is 25.2 Å². The number of benzene rings is 2. The molecule has 178 valence electrons. The Morgan fingerprint density at radius 3 is 2.44 bits per heavy atom. The fraction of sp³-hybridized carbons (Fsp3) is 0.292. The second-order valence-corrected chi connectivity index (χ2v) is 11.6. The van der Waals surface area contributed by atoms with Crippen LogP contribution in [-0.4, -0.2) is 53.1 Å². The molecule has 8 nitrogen and oxygen atoms in total. The Morgan fingerprint density at radius 2 is 1.74 bits per heavy atom. The summed E-state index contributed by atoms with van der Waals surface area (Å²) in [6, 6.07) is 11.1. The van der Waals surface area contributed by atoms with Crippen molar-refractivity contribution >= 4 is 49.9 Å². The number of hydrogen-bond donors (Lipinski definition) is 1. The lowest BCUT2D eigenvalue weighted by atomic mass is 10.0. The normalized spacial score (nSPS) is 12.1. The third-order valence-electron chi connectivity index (χ3n) is 5.66. The Morgan fingerprint density at radius 1 is 1.00 bits per heavy atom. The van der Waals surface area contributed by atoms with E-state index in [4.69, 9.17) is 0 Å². The van der Waals surface area contributed by atoms with E-state index in [1.807, 2.05) is 10.5 Å². The maximum atomic E-state index is 12.7. The van der Waals surface area contributed by atoms with Crippen LogP contribution in [0.2, 0.25) is 0 Å². The van der Waals surface area contributed by atoms with Gasteiger partial charge in [0.15, 0.2) is 10.8 Å². The van der Waals surface area contributed by atoms with Gasteiger partial charge in [0, 0.05) is 25.2 Å². The van der Waals surface area contributed by atoms with Crippen LogP contribution in [0.5, 0.6) is 0 Å². The lowest BCUT2D eigenvalue weighted by molar-refractivity contribution is -0.113. The molecule has 10 heteroatoms. The molecule has 1 N–H and O–H groups in total. The summed E-state index contributed by atoms with van der Waals surface area (Å²) in [7, 11) is -0.654. The topological polar surface area (TPSA) is 96.7 Å². The molecule has 0 aliphatic heterocycles. The number of carbonyl (C=O) groups is 1. The Hall–Kier alpha value is -2.95. The van der Waals surface area contributed by atoms with Crippen molar-refractivity contribution < 1.29 is 13.2 Å². The van der Waals surface area contributed by atoms with Crippen molar-refractivity contribution in [3.63, 3.8) is 0 Å². The van der Waals surface area contributed by atoms with Crippen LogP contribution in [-0.2, 0) is 14.8 Å². The van der Waals surface area contributed by atoms with Gasteiger partial charge < -0.3 is 5.32 Å². The molecule has 0 bridgehead atoms. The molecule has 34 heavy (non-hydrogen) atoms. The van der Waals surface area contributed by atoms with Crippen LogP contribution in [0, 0.1) is 27.7 Å². The van der Waals surface area contributed by atoms with Crippen LogP contribution in [0.4, 0.5) is 5.69 Å². The highest BCUT2D eigenvalue weighted by atomic mass is 32.2. The first-order valence-corrected chi connectivity index (χ1v) is 13.1. The first-order chi connectivity index (χ1) is 16.0. The summed E-state index contributed by atoms with van der Waals surface area (Å²) in [6.45, 7) is 7.92. The molecule has 2 aromatic heterocycles. The molecule has 0 saturated carbocycles. The minimum absolute atomic E-state index is 0.102. The average Bonchev–Trinajstić information content (AvgIpc) is 3.15. The Kier molecular flexibility index (Phi) is 6.41. The number of nitrogens with one attached hydrogen (secondary N) is 1. The van der Waals surface area contributed by atoms with Gasteiger partial charge in [0.25, 0.3) is 0 Å². The van der Waals surface area contributed by atoms with Crippen molar-refractivity contribution in [2.45, 2.75) is 37.7 Å². The summed E-state index contributed by atoms with van der Waals surface area (Å²) in [6.07, 6.45) is 0. The number of hydrogen-bond acceptors (Lipinski definition) is 6. The second-order valence-electron chi connectivity index (χ2n) is 8.59. The van der Waals surface area contributed by atoms with Crippen LogP contribution < -0.4 is 5.32 Å².